The number of carbonyl (C=O) groups excluding carboxylic acids is 1. The fourth-order valence-corrected chi connectivity index (χ4v) is 2.14. The molecule has 0 aliphatic heterocycles. The molecule has 1 aliphatic carbocycles. The maximum Gasteiger partial charge on any atom is 0.187 e. The molecule has 1 nitrogen and oxygen atoms in total. The van der Waals surface area contributed by atoms with Crippen molar-refractivity contribution < 1.29 is 9.18 Å². The third-order valence-electron chi connectivity index (χ3n) is 2.91. The average Bonchev–Trinajstić information content (AvgIpc) is 3.01. The number of ketones is 1. The summed E-state index contributed by atoms with van der Waals surface area (Å²) in [6.45, 7) is 1.22. The Kier molecular flexibility index (Phi) is 3.55. The molecule has 0 heterocycles. The van der Waals surface area contributed by atoms with Crippen LogP contribution in [-0.2, 0) is 4.79 Å². The molecule has 0 N–H and O–H groups in total. The number of allylic oxidation sites excluding steroid dienone is 2. The maximum atomic E-state index is 13.1. The highest BCUT2D eigenvalue weighted by Crippen LogP contribution is 2.49. The van der Waals surface area contributed by atoms with Gasteiger partial charge in [0.05, 0.1) is 10.0 Å². The van der Waals surface area contributed by atoms with Crippen molar-refractivity contribution in [2.75, 3.05) is 0 Å². The van der Waals surface area contributed by atoms with Crippen LogP contribution in [0.2, 0.25) is 10.0 Å². The first-order valence-corrected chi connectivity index (χ1v) is 6.08. The lowest BCUT2D eigenvalue weighted by atomic mass is 10.1. The Bertz CT molecular complexity index is 496. The van der Waals surface area contributed by atoms with E-state index in [4.69, 9.17) is 23.2 Å². The highest BCUT2D eigenvalue weighted by Gasteiger charge is 2.37. The zero-order chi connectivity index (χ0) is 12.6. The first-order chi connectivity index (χ1) is 7.99. The molecule has 0 unspecified atom stereocenters. The molecule has 1 aliphatic rings. The normalized spacial score (nSPS) is 23.6. The van der Waals surface area contributed by atoms with E-state index in [1.807, 2.05) is 6.07 Å². The molecular formula is C13H11Cl2FO. The molecule has 1 aromatic carbocycles. The minimum atomic E-state index is -0.655. The highest BCUT2D eigenvalue weighted by atomic mass is 35.5. The standard InChI is InChI=1S/C13H11Cl2FO/c1-7(17)13(16)6-9-4-10(9)8-2-3-11(14)12(15)5-8/h2-3,5-6,9-10H,4H2,1H3/t9-,10-/m0/s1. The summed E-state index contributed by atoms with van der Waals surface area (Å²) in [5.41, 5.74) is 1.04. The van der Waals surface area contributed by atoms with Crippen LogP contribution in [-0.4, -0.2) is 5.78 Å². The van der Waals surface area contributed by atoms with Gasteiger partial charge in [0, 0.05) is 6.92 Å². The predicted octanol–water partition coefficient (Wildman–Crippen LogP) is 4.54. The van der Waals surface area contributed by atoms with Gasteiger partial charge in [0.25, 0.3) is 0 Å². The predicted molar refractivity (Wildman–Crippen MR) is 67.2 cm³/mol. The van der Waals surface area contributed by atoms with Crippen molar-refractivity contribution >= 4 is 29.0 Å². The SMILES string of the molecule is CC(=O)C(F)=C[C@@H]1C[C@H]1c1ccc(Cl)c(Cl)c1. The Labute approximate surface area is 109 Å². The Morgan fingerprint density at radius 2 is 2.12 bits per heavy atom. The van der Waals surface area contributed by atoms with Gasteiger partial charge >= 0.3 is 0 Å². The molecule has 1 fully saturated rings. The van der Waals surface area contributed by atoms with Gasteiger partial charge in [0.1, 0.15) is 0 Å². The van der Waals surface area contributed by atoms with Crippen LogP contribution >= 0.6 is 23.2 Å². The van der Waals surface area contributed by atoms with Crippen molar-refractivity contribution in [3.8, 4) is 0 Å². The van der Waals surface area contributed by atoms with E-state index in [-0.39, 0.29) is 11.8 Å². The first-order valence-electron chi connectivity index (χ1n) is 5.32. The molecule has 4 heteroatoms. The number of halogens is 3. The van der Waals surface area contributed by atoms with Crippen LogP contribution in [0.15, 0.2) is 30.1 Å². The summed E-state index contributed by atoms with van der Waals surface area (Å²) < 4.78 is 13.1. The van der Waals surface area contributed by atoms with Crippen molar-refractivity contribution in [1.82, 2.24) is 0 Å². The fraction of sp³-hybridized carbons (Fsp3) is 0.308. The van der Waals surface area contributed by atoms with Crippen molar-refractivity contribution in [3.63, 3.8) is 0 Å². The average molecular weight is 273 g/mol. The zero-order valence-corrected chi connectivity index (χ0v) is 10.7. The quantitative estimate of drug-likeness (QED) is 0.739. The van der Waals surface area contributed by atoms with Crippen LogP contribution in [0.5, 0.6) is 0 Å². The molecule has 2 atom stereocenters. The molecule has 0 radical (unpaired) electrons. The molecule has 17 heavy (non-hydrogen) atoms. The molecule has 0 saturated heterocycles. The summed E-state index contributed by atoms with van der Waals surface area (Å²) in [6.07, 6.45) is 2.24. The first kappa shape index (κ1) is 12.6. The number of hydrogen-bond donors (Lipinski definition) is 0. The Morgan fingerprint density at radius 1 is 1.41 bits per heavy atom. The smallest absolute Gasteiger partial charge is 0.187 e. The molecule has 1 saturated carbocycles. The van der Waals surface area contributed by atoms with E-state index >= 15 is 0 Å². The fourth-order valence-electron chi connectivity index (χ4n) is 1.83. The summed E-state index contributed by atoms with van der Waals surface area (Å²) in [7, 11) is 0. The second-order valence-corrected chi connectivity index (χ2v) is 5.06. The van der Waals surface area contributed by atoms with Crippen LogP contribution in [0.4, 0.5) is 4.39 Å². The van der Waals surface area contributed by atoms with E-state index in [0.29, 0.717) is 10.0 Å². The Morgan fingerprint density at radius 3 is 2.71 bits per heavy atom. The van der Waals surface area contributed by atoms with E-state index in [1.165, 1.54) is 13.0 Å². The number of Topliss-reactive ketones (excluding diaryl/α,β-unsaturated/α-hetero) is 1. The minimum Gasteiger partial charge on any atom is -0.292 e. The van der Waals surface area contributed by atoms with Crippen LogP contribution < -0.4 is 0 Å². The molecule has 1 aromatic rings. The molecule has 0 amide bonds. The summed E-state index contributed by atoms with van der Waals surface area (Å²) in [5.74, 6) is -0.839. The second kappa shape index (κ2) is 4.79. The van der Waals surface area contributed by atoms with Crippen LogP contribution in [0, 0.1) is 5.92 Å². The van der Waals surface area contributed by atoms with E-state index in [2.05, 4.69) is 0 Å². The Balaban J connectivity index is 2.10. The summed E-state index contributed by atoms with van der Waals surface area (Å²) in [5, 5.41) is 1.02. The highest BCUT2D eigenvalue weighted by molar-refractivity contribution is 6.42. The lowest BCUT2D eigenvalue weighted by molar-refractivity contribution is -0.114. The van der Waals surface area contributed by atoms with Gasteiger partial charge in [-0.3, -0.25) is 4.79 Å². The van der Waals surface area contributed by atoms with Gasteiger partial charge in [-0.15, -0.1) is 0 Å². The summed E-state index contributed by atoms with van der Waals surface area (Å²) >= 11 is 11.7. The van der Waals surface area contributed by atoms with Crippen molar-refractivity contribution in [2.45, 2.75) is 19.3 Å². The molecule has 2 rings (SSSR count). The van der Waals surface area contributed by atoms with Gasteiger partial charge < -0.3 is 0 Å². The van der Waals surface area contributed by atoms with Gasteiger partial charge in [-0.2, -0.15) is 0 Å². The summed E-state index contributed by atoms with van der Waals surface area (Å²) in [4.78, 5) is 10.8. The zero-order valence-electron chi connectivity index (χ0n) is 9.21. The van der Waals surface area contributed by atoms with Gasteiger partial charge in [-0.05, 0) is 42.0 Å². The van der Waals surface area contributed by atoms with Crippen LogP contribution in [0.1, 0.15) is 24.8 Å². The van der Waals surface area contributed by atoms with E-state index in [1.54, 1.807) is 12.1 Å². The maximum absolute atomic E-state index is 13.1. The molecule has 90 valence electrons. The lowest BCUT2D eigenvalue weighted by Gasteiger charge is -2.01. The monoisotopic (exact) mass is 272 g/mol. The van der Waals surface area contributed by atoms with Gasteiger partial charge in [0.2, 0.25) is 0 Å². The van der Waals surface area contributed by atoms with Gasteiger partial charge in [-0.1, -0.05) is 29.3 Å². The molecule has 0 spiro atoms. The van der Waals surface area contributed by atoms with E-state index < -0.39 is 11.6 Å². The number of rotatable bonds is 3. The molecule has 0 bridgehead atoms. The third-order valence-corrected chi connectivity index (χ3v) is 3.65. The third kappa shape index (κ3) is 2.88. The lowest BCUT2D eigenvalue weighted by Crippen LogP contribution is -1.91. The number of hydrogen-bond acceptors (Lipinski definition) is 1. The van der Waals surface area contributed by atoms with E-state index in [0.717, 1.165) is 12.0 Å². The van der Waals surface area contributed by atoms with Gasteiger partial charge in [-0.25, -0.2) is 4.39 Å². The van der Waals surface area contributed by atoms with Crippen molar-refractivity contribution in [1.29, 1.82) is 0 Å². The number of benzene rings is 1. The number of carbonyl (C=O) groups is 1. The van der Waals surface area contributed by atoms with Crippen LogP contribution in [0.3, 0.4) is 0 Å². The second-order valence-electron chi connectivity index (χ2n) is 4.25. The van der Waals surface area contributed by atoms with E-state index in [9.17, 15) is 9.18 Å². The summed E-state index contributed by atoms with van der Waals surface area (Å²) in [6, 6.07) is 5.42. The van der Waals surface area contributed by atoms with Crippen molar-refractivity contribution in [2.24, 2.45) is 5.92 Å². The molecular weight excluding hydrogens is 262 g/mol. The van der Waals surface area contributed by atoms with Crippen LogP contribution in [0.25, 0.3) is 0 Å². The molecule has 0 aromatic heterocycles. The largest absolute Gasteiger partial charge is 0.292 e. The van der Waals surface area contributed by atoms with Gasteiger partial charge in [0.15, 0.2) is 11.6 Å². The Hall–Kier alpha value is -0.860. The van der Waals surface area contributed by atoms with Crippen molar-refractivity contribution in [3.05, 3.63) is 45.7 Å². The minimum absolute atomic E-state index is 0.0937. The topological polar surface area (TPSA) is 17.1 Å².